The number of carbonyl (C=O) groups is 2. The van der Waals surface area contributed by atoms with Gasteiger partial charge in [0.05, 0.1) is 18.4 Å². The van der Waals surface area contributed by atoms with E-state index in [1.807, 2.05) is 44.2 Å². The van der Waals surface area contributed by atoms with E-state index in [0.717, 1.165) is 11.1 Å². The normalized spacial score (nSPS) is 13.7. The van der Waals surface area contributed by atoms with Crippen molar-refractivity contribution in [1.82, 2.24) is 0 Å². The van der Waals surface area contributed by atoms with Gasteiger partial charge in [-0.1, -0.05) is 48.0 Å². The molecule has 0 radical (unpaired) electrons. The highest BCUT2D eigenvalue weighted by atomic mass is 35.5. The number of ether oxygens (including phenoxy) is 1. The minimum atomic E-state index is -0.447. The Hall–Kier alpha value is -3.57. The average Bonchev–Trinajstić information content (AvgIpc) is 2.99. The van der Waals surface area contributed by atoms with Gasteiger partial charge in [0, 0.05) is 16.3 Å². The van der Waals surface area contributed by atoms with E-state index in [1.54, 1.807) is 36.4 Å². The third-order valence-electron chi connectivity index (χ3n) is 5.16. The highest BCUT2D eigenvalue weighted by molar-refractivity contribution is 6.46. The average molecular weight is 433 g/mol. The first-order valence-electron chi connectivity index (χ1n) is 9.77. The standard InChI is InChI=1S/C25H21ClN2O3/c1-15-7-6-8-18(13-15)27-23-22(19-9-4-5-10-21(19)31-3)24(29)28(25(23)30)20-14-17(26)12-11-16(20)2/h4-14,27H,1-3H3. The van der Waals surface area contributed by atoms with Crippen LogP contribution in [0, 0.1) is 13.8 Å². The van der Waals surface area contributed by atoms with Crippen molar-refractivity contribution in [2.75, 3.05) is 17.3 Å². The van der Waals surface area contributed by atoms with Gasteiger partial charge in [-0.2, -0.15) is 0 Å². The summed E-state index contributed by atoms with van der Waals surface area (Å²) < 4.78 is 5.48. The molecule has 0 atom stereocenters. The van der Waals surface area contributed by atoms with E-state index in [2.05, 4.69) is 5.32 Å². The number of anilines is 2. The van der Waals surface area contributed by atoms with Crippen molar-refractivity contribution in [3.63, 3.8) is 0 Å². The molecule has 31 heavy (non-hydrogen) atoms. The summed E-state index contributed by atoms with van der Waals surface area (Å²) in [5.74, 6) is -0.375. The molecule has 0 saturated heterocycles. The largest absolute Gasteiger partial charge is 0.496 e. The van der Waals surface area contributed by atoms with Crippen molar-refractivity contribution >= 4 is 40.4 Å². The lowest BCUT2D eigenvalue weighted by atomic mass is 10.0. The van der Waals surface area contributed by atoms with Crippen LogP contribution in [0.3, 0.4) is 0 Å². The second-order valence-corrected chi connectivity index (χ2v) is 7.76. The predicted molar refractivity (Wildman–Crippen MR) is 123 cm³/mol. The topological polar surface area (TPSA) is 58.6 Å². The Morgan fingerprint density at radius 3 is 2.42 bits per heavy atom. The Bertz CT molecular complexity index is 1230. The summed E-state index contributed by atoms with van der Waals surface area (Å²) in [5, 5.41) is 3.62. The maximum absolute atomic E-state index is 13.6. The third-order valence-corrected chi connectivity index (χ3v) is 5.39. The number of hydrogen-bond acceptors (Lipinski definition) is 4. The summed E-state index contributed by atoms with van der Waals surface area (Å²) in [4.78, 5) is 28.3. The molecule has 0 unspecified atom stereocenters. The number of halogens is 1. The molecule has 1 aliphatic heterocycles. The zero-order chi connectivity index (χ0) is 22.1. The van der Waals surface area contributed by atoms with Gasteiger partial charge in [-0.25, -0.2) is 4.90 Å². The SMILES string of the molecule is COc1ccccc1C1=C(Nc2cccc(C)c2)C(=O)N(c2cc(Cl)ccc2C)C1=O. The first kappa shape index (κ1) is 20.7. The van der Waals surface area contributed by atoms with Crippen LogP contribution in [0.2, 0.25) is 5.02 Å². The van der Waals surface area contributed by atoms with Gasteiger partial charge >= 0.3 is 0 Å². The zero-order valence-corrected chi connectivity index (χ0v) is 18.2. The summed E-state index contributed by atoms with van der Waals surface area (Å²) in [6.07, 6.45) is 0. The van der Waals surface area contributed by atoms with Crippen LogP contribution in [-0.4, -0.2) is 18.9 Å². The third kappa shape index (κ3) is 3.80. The quantitative estimate of drug-likeness (QED) is 0.551. The molecule has 0 spiro atoms. The fourth-order valence-corrected chi connectivity index (χ4v) is 3.82. The molecule has 3 aromatic carbocycles. The molecular weight excluding hydrogens is 412 g/mol. The smallest absolute Gasteiger partial charge is 0.282 e. The molecule has 0 aliphatic carbocycles. The molecule has 1 N–H and O–H groups in total. The molecule has 5 nitrogen and oxygen atoms in total. The predicted octanol–water partition coefficient (Wildman–Crippen LogP) is 5.36. The van der Waals surface area contributed by atoms with E-state index < -0.39 is 11.8 Å². The van der Waals surface area contributed by atoms with E-state index in [-0.39, 0.29) is 11.3 Å². The van der Waals surface area contributed by atoms with Crippen LogP contribution in [0.5, 0.6) is 5.75 Å². The fourth-order valence-electron chi connectivity index (χ4n) is 3.66. The van der Waals surface area contributed by atoms with Crippen LogP contribution in [0.4, 0.5) is 11.4 Å². The van der Waals surface area contributed by atoms with Gasteiger partial charge in [-0.3, -0.25) is 9.59 Å². The maximum Gasteiger partial charge on any atom is 0.282 e. The number of rotatable bonds is 5. The van der Waals surface area contributed by atoms with E-state index >= 15 is 0 Å². The van der Waals surface area contributed by atoms with E-state index in [9.17, 15) is 9.59 Å². The van der Waals surface area contributed by atoms with E-state index in [1.165, 1.54) is 12.0 Å². The minimum Gasteiger partial charge on any atom is -0.496 e. The molecule has 4 rings (SSSR count). The molecule has 1 aliphatic rings. The molecular formula is C25H21ClN2O3. The number of para-hydroxylation sites is 1. The van der Waals surface area contributed by atoms with Crippen LogP contribution in [0.25, 0.3) is 5.57 Å². The summed E-state index contributed by atoms with van der Waals surface area (Å²) in [6.45, 7) is 3.80. The Balaban J connectivity index is 1.90. The number of nitrogens with zero attached hydrogens (tertiary/aromatic N) is 1. The molecule has 0 fully saturated rings. The van der Waals surface area contributed by atoms with Crippen molar-refractivity contribution in [1.29, 1.82) is 0 Å². The molecule has 2 amide bonds. The van der Waals surface area contributed by atoms with Crippen LogP contribution in [-0.2, 0) is 9.59 Å². The second kappa shape index (κ2) is 8.28. The number of amides is 2. The lowest BCUT2D eigenvalue weighted by Gasteiger charge is -2.18. The zero-order valence-electron chi connectivity index (χ0n) is 17.4. The summed E-state index contributed by atoms with van der Waals surface area (Å²) in [7, 11) is 1.53. The Kier molecular flexibility index (Phi) is 5.53. The van der Waals surface area contributed by atoms with Crippen molar-refractivity contribution in [3.8, 4) is 5.75 Å². The van der Waals surface area contributed by atoms with Crippen molar-refractivity contribution in [3.05, 3.63) is 94.1 Å². The van der Waals surface area contributed by atoms with Crippen molar-refractivity contribution in [2.24, 2.45) is 0 Å². The monoisotopic (exact) mass is 432 g/mol. The molecule has 1 heterocycles. The fraction of sp³-hybridized carbons (Fsp3) is 0.120. The highest BCUT2D eigenvalue weighted by Gasteiger charge is 2.41. The van der Waals surface area contributed by atoms with E-state index in [0.29, 0.717) is 27.7 Å². The molecule has 0 saturated carbocycles. The number of nitrogens with one attached hydrogen (secondary N) is 1. The van der Waals surface area contributed by atoms with Gasteiger partial charge in [-0.05, 0) is 55.3 Å². The number of imide groups is 1. The van der Waals surface area contributed by atoms with Crippen LogP contribution in [0.15, 0.2) is 72.4 Å². The van der Waals surface area contributed by atoms with E-state index in [4.69, 9.17) is 16.3 Å². The van der Waals surface area contributed by atoms with Crippen LogP contribution >= 0.6 is 11.6 Å². The molecule has 0 aromatic heterocycles. The van der Waals surface area contributed by atoms with Gasteiger partial charge in [0.1, 0.15) is 11.4 Å². The summed E-state index contributed by atoms with van der Waals surface area (Å²) in [5.41, 5.74) is 3.96. The van der Waals surface area contributed by atoms with Gasteiger partial charge in [0.25, 0.3) is 11.8 Å². The first-order chi connectivity index (χ1) is 14.9. The first-order valence-corrected chi connectivity index (χ1v) is 10.1. The van der Waals surface area contributed by atoms with Gasteiger partial charge < -0.3 is 10.1 Å². The lowest BCUT2D eigenvalue weighted by molar-refractivity contribution is -0.120. The molecule has 6 heteroatoms. The Morgan fingerprint density at radius 1 is 0.903 bits per heavy atom. The highest BCUT2D eigenvalue weighted by Crippen LogP contribution is 2.38. The molecule has 156 valence electrons. The minimum absolute atomic E-state index is 0.194. The van der Waals surface area contributed by atoms with Crippen LogP contribution in [0.1, 0.15) is 16.7 Å². The number of aryl methyl sites for hydroxylation is 2. The Morgan fingerprint density at radius 2 is 1.68 bits per heavy atom. The van der Waals surface area contributed by atoms with Crippen molar-refractivity contribution < 1.29 is 14.3 Å². The number of methoxy groups -OCH3 is 1. The number of hydrogen-bond donors (Lipinski definition) is 1. The lowest BCUT2D eigenvalue weighted by Crippen LogP contribution is -2.33. The second-order valence-electron chi connectivity index (χ2n) is 7.32. The number of carbonyl (C=O) groups excluding carboxylic acids is 2. The number of benzene rings is 3. The Labute approximate surface area is 185 Å². The van der Waals surface area contributed by atoms with Gasteiger partial charge in [0.15, 0.2) is 0 Å². The molecule has 0 bridgehead atoms. The maximum atomic E-state index is 13.6. The van der Waals surface area contributed by atoms with Gasteiger partial charge in [0.2, 0.25) is 0 Å². The van der Waals surface area contributed by atoms with Crippen LogP contribution < -0.4 is 15.0 Å². The van der Waals surface area contributed by atoms with Crippen molar-refractivity contribution in [2.45, 2.75) is 13.8 Å². The molecule has 3 aromatic rings. The van der Waals surface area contributed by atoms with Gasteiger partial charge in [-0.15, -0.1) is 0 Å². The summed E-state index contributed by atoms with van der Waals surface area (Å²) >= 11 is 6.18. The summed E-state index contributed by atoms with van der Waals surface area (Å²) in [6, 6.07) is 19.9.